The highest BCUT2D eigenvalue weighted by molar-refractivity contribution is 9.10. The van der Waals surface area contributed by atoms with E-state index in [0.29, 0.717) is 16.7 Å². The Morgan fingerprint density at radius 1 is 1.80 bits per heavy atom. The van der Waals surface area contributed by atoms with Gasteiger partial charge >= 0.3 is 0 Å². The van der Waals surface area contributed by atoms with Gasteiger partial charge in [0.05, 0.1) is 11.9 Å². The lowest BCUT2D eigenvalue weighted by atomic mass is 10.3. The molecule has 1 aromatic heterocycles. The highest BCUT2D eigenvalue weighted by atomic mass is 79.9. The van der Waals surface area contributed by atoms with Crippen molar-refractivity contribution in [2.45, 2.75) is 26.4 Å². The summed E-state index contributed by atoms with van der Waals surface area (Å²) in [5.74, 6) is 0. The first-order chi connectivity index (χ1) is 7.10. The van der Waals surface area contributed by atoms with Crippen LogP contribution in [0.25, 0.3) is 0 Å². The highest BCUT2D eigenvalue weighted by Gasteiger charge is 2.08. The fourth-order valence-electron chi connectivity index (χ4n) is 1.10. The van der Waals surface area contributed by atoms with Crippen LogP contribution in [-0.2, 0) is 6.54 Å². The number of rotatable bonds is 4. The van der Waals surface area contributed by atoms with E-state index in [-0.39, 0.29) is 11.6 Å². The predicted octanol–water partition coefficient (Wildman–Crippen LogP) is 2.01. The van der Waals surface area contributed by atoms with Crippen LogP contribution in [0.3, 0.4) is 0 Å². The number of aryl methyl sites for hydroxylation is 1. The van der Waals surface area contributed by atoms with Crippen molar-refractivity contribution >= 4 is 21.6 Å². The topological polar surface area (TPSA) is 46.9 Å². The summed E-state index contributed by atoms with van der Waals surface area (Å²) >= 11 is 3.26. The first-order valence-corrected chi connectivity index (χ1v) is 5.54. The van der Waals surface area contributed by atoms with E-state index in [1.807, 2.05) is 13.8 Å². The minimum Gasteiger partial charge on any atom is -0.377 e. The maximum atomic E-state index is 11.7. The Morgan fingerprint density at radius 3 is 3.00 bits per heavy atom. The van der Waals surface area contributed by atoms with Crippen LogP contribution in [0.1, 0.15) is 13.8 Å². The zero-order valence-corrected chi connectivity index (χ0v) is 10.4. The number of nitrogens with one attached hydrogen (secondary N) is 1. The van der Waals surface area contributed by atoms with Crippen LogP contribution in [0.2, 0.25) is 0 Å². The summed E-state index contributed by atoms with van der Waals surface area (Å²) < 4.78 is 1.90. The molecule has 0 saturated carbocycles. The molecule has 1 rings (SSSR count). The van der Waals surface area contributed by atoms with Crippen molar-refractivity contribution in [2.75, 3.05) is 5.32 Å². The van der Waals surface area contributed by atoms with Gasteiger partial charge in [-0.3, -0.25) is 4.79 Å². The van der Waals surface area contributed by atoms with Crippen LogP contribution < -0.4 is 10.9 Å². The summed E-state index contributed by atoms with van der Waals surface area (Å²) in [7, 11) is 0. The van der Waals surface area contributed by atoms with E-state index >= 15 is 0 Å². The Morgan fingerprint density at radius 2 is 2.47 bits per heavy atom. The zero-order chi connectivity index (χ0) is 11.4. The van der Waals surface area contributed by atoms with Crippen molar-refractivity contribution < 1.29 is 0 Å². The third-order valence-corrected chi connectivity index (χ3v) is 2.79. The lowest BCUT2D eigenvalue weighted by molar-refractivity contribution is 0.612. The summed E-state index contributed by atoms with van der Waals surface area (Å²) in [6, 6.07) is 0.0972. The molecule has 0 bridgehead atoms. The molecule has 82 valence electrons. The van der Waals surface area contributed by atoms with Crippen LogP contribution in [-0.4, -0.2) is 15.8 Å². The lowest BCUT2D eigenvalue weighted by Crippen LogP contribution is -2.24. The maximum Gasteiger partial charge on any atom is 0.283 e. The standard InChI is InChI=1S/C10H14BrN3O/c1-4-7(3)13-8-6-12-14(5-2)10(15)9(8)11/h4,6-7,13H,1,5H2,2-3H3. The molecule has 0 amide bonds. The molecule has 0 aliphatic carbocycles. The molecule has 5 heteroatoms. The monoisotopic (exact) mass is 271 g/mol. The van der Waals surface area contributed by atoms with Crippen molar-refractivity contribution in [1.82, 2.24) is 9.78 Å². The van der Waals surface area contributed by atoms with E-state index in [0.717, 1.165) is 0 Å². The summed E-state index contributed by atoms with van der Waals surface area (Å²) in [6.45, 7) is 8.05. The van der Waals surface area contributed by atoms with Gasteiger partial charge in [0.15, 0.2) is 0 Å². The van der Waals surface area contributed by atoms with Crippen molar-refractivity contribution in [3.63, 3.8) is 0 Å². The third-order valence-electron chi connectivity index (χ3n) is 2.02. The second-order valence-electron chi connectivity index (χ2n) is 3.16. The first kappa shape index (κ1) is 12.0. The smallest absolute Gasteiger partial charge is 0.283 e. The molecular weight excluding hydrogens is 258 g/mol. The molecule has 1 N–H and O–H groups in total. The summed E-state index contributed by atoms with van der Waals surface area (Å²) in [5, 5.41) is 7.13. The molecular formula is C10H14BrN3O. The Balaban J connectivity index is 3.07. The molecule has 1 heterocycles. The van der Waals surface area contributed by atoms with E-state index in [4.69, 9.17) is 0 Å². The van der Waals surface area contributed by atoms with Gasteiger partial charge in [0, 0.05) is 12.6 Å². The molecule has 0 spiro atoms. The minimum absolute atomic E-state index is 0.0972. The number of hydrogen-bond donors (Lipinski definition) is 1. The molecule has 4 nitrogen and oxygen atoms in total. The molecule has 0 fully saturated rings. The van der Waals surface area contributed by atoms with Crippen LogP contribution in [0.15, 0.2) is 28.1 Å². The summed E-state index contributed by atoms with van der Waals surface area (Å²) in [6.07, 6.45) is 3.40. The second-order valence-corrected chi connectivity index (χ2v) is 3.95. The van der Waals surface area contributed by atoms with E-state index < -0.39 is 0 Å². The lowest BCUT2D eigenvalue weighted by Gasteiger charge is -2.12. The fraction of sp³-hybridized carbons (Fsp3) is 0.400. The van der Waals surface area contributed by atoms with Crippen molar-refractivity contribution in [1.29, 1.82) is 0 Å². The quantitative estimate of drug-likeness (QED) is 0.853. The van der Waals surface area contributed by atoms with Crippen LogP contribution in [0.5, 0.6) is 0 Å². The van der Waals surface area contributed by atoms with E-state index in [1.165, 1.54) is 4.68 Å². The summed E-state index contributed by atoms with van der Waals surface area (Å²) in [5.41, 5.74) is 0.566. The van der Waals surface area contributed by atoms with Gasteiger partial charge in [-0.05, 0) is 29.8 Å². The Labute approximate surface area is 97.1 Å². The molecule has 0 saturated heterocycles. The van der Waals surface area contributed by atoms with Gasteiger partial charge in [-0.25, -0.2) is 4.68 Å². The molecule has 1 atom stereocenters. The van der Waals surface area contributed by atoms with E-state index in [1.54, 1.807) is 12.3 Å². The normalized spacial score (nSPS) is 12.2. The van der Waals surface area contributed by atoms with Gasteiger partial charge in [-0.1, -0.05) is 6.08 Å². The molecule has 0 aliphatic heterocycles. The molecule has 0 radical (unpaired) electrons. The van der Waals surface area contributed by atoms with Crippen molar-refractivity contribution in [3.05, 3.63) is 33.7 Å². The number of aromatic nitrogens is 2. The number of nitrogens with zero attached hydrogens (tertiary/aromatic N) is 2. The molecule has 1 aromatic rings. The average molecular weight is 272 g/mol. The molecule has 15 heavy (non-hydrogen) atoms. The average Bonchev–Trinajstić information content (AvgIpc) is 2.25. The predicted molar refractivity (Wildman–Crippen MR) is 65.2 cm³/mol. The Hall–Kier alpha value is -1.10. The van der Waals surface area contributed by atoms with Gasteiger partial charge in [0.1, 0.15) is 4.47 Å². The number of anilines is 1. The third kappa shape index (κ3) is 2.68. The Bertz CT molecular complexity index is 414. The zero-order valence-electron chi connectivity index (χ0n) is 8.83. The van der Waals surface area contributed by atoms with Gasteiger partial charge in [-0.2, -0.15) is 5.10 Å². The van der Waals surface area contributed by atoms with Gasteiger partial charge in [0.2, 0.25) is 0 Å². The van der Waals surface area contributed by atoms with Gasteiger partial charge in [0.25, 0.3) is 5.56 Å². The van der Waals surface area contributed by atoms with Crippen molar-refractivity contribution in [3.8, 4) is 0 Å². The minimum atomic E-state index is -0.126. The maximum absolute atomic E-state index is 11.7. The van der Waals surface area contributed by atoms with Crippen molar-refractivity contribution in [2.24, 2.45) is 0 Å². The first-order valence-electron chi connectivity index (χ1n) is 4.74. The van der Waals surface area contributed by atoms with Gasteiger partial charge < -0.3 is 5.32 Å². The van der Waals surface area contributed by atoms with E-state index in [2.05, 4.69) is 32.9 Å². The van der Waals surface area contributed by atoms with Gasteiger partial charge in [-0.15, -0.1) is 6.58 Å². The number of halogens is 1. The van der Waals surface area contributed by atoms with Crippen LogP contribution in [0.4, 0.5) is 5.69 Å². The van der Waals surface area contributed by atoms with Crippen LogP contribution in [0, 0.1) is 0 Å². The van der Waals surface area contributed by atoms with E-state index in [9.17, 15) is 4.79 Å². The molecule has 1 unspecified atom stereocenters. The number of hydrogen-bond acceptors (Lipinski definition) is 3. The molecule has 0 aliphatic rings. The van der Waals surface area contributed by atoms with Crippen LogP contribution >= 0.6 is 15.9 Å². The highest BCUT2D eigenvalue weighted by Crippen LogP contribution is 2.17. The molecule has 0 aromatic carbocycles. The SMILES string of the molecule is C=CC(C)Nc1cnn(CC)c(=O)c1Br. The summed E-state index contributed by atoms with van der Waals surface area (Å²) in [4.78, 5) is 11.7. The largest absolute Gasteiger partial charge is 0.377 e. The fourth-order valence-corrected chi connectivity index (χ4v) is 1.52. The Kier molecular flexibility index (Phi) is 4.08. The second kappa shape index (κ2) is 5.11.